The number of nitrogens with one attached hydrogen (secondary N) is 3. The van der Waals surface area contributed by atoms with Crippen LogP contribution in [-0.2, 0) is 11.2 Å². The molecule has 3 aromatic carbocycles. The van der Waals surface area contributed by atoms with Crippen LogP contribution >= 0.6 is 0 Å². The van der Waals surface area contributed by atoms with Crippen molar-refractivity contribution in [1.29, 1.82) is 0 Å². The van der Waals surface area contributed by atoms with Crippen LogP contribution in [0.2, 0.25) is 0 Å². The smallest absolute Gasteiger partial charge is 0.251 e. The number of hydrogen-bond acceptors (Lipinski definition) is 7. The number of rotatable bonds is 10. The second-order valence-corrected chi connectivity index (χ2v) is 10.3. The first kappa shape index (κ1) is 28.6. The molecule has 2 unspecified atom stereocenters. The molecule has 0 saturated carbocycles. The number of methoxy groups -OCH3 is 2. The molecule has 8 nitrogen and oxygen atoms in total. The largest absolute Gasteiger partial charge is 0.497 e. The number of alkyl halides is 1. The van der Waals surface area contributed by atoms with Crippen molar-refractivity contribution in [2.24, 2.45) is 5.92 Å². The molecule has 1 aliphatic carbocycles. The van der Waals surface area contributed by atoms with Crippen molar-refractivity contribution in [2.45, 2.75) is 25.9 Å². The van der Waals surface area contributed by atoms with Gasteiger partial charge in [-0.2, -0.15) is 0 Å². The zero-order valence-electron chi connectivity index (χ0n) is 24.1. The lowest BCUT2D eigenvalue weighted by Gasteiger charge is -2.28. The molecular formula is C33H34FN5O3. The van der Waals surface area contributed by atoms with E-state index in [4.69, 9.17) is 19.4 Å². The van der Waals surface area contributed by atoms with Crippen molar-refractivity contribution in [3.8, 4) is 11.5 Å². The highest BCUT2D eigenvalue weighted by Gasteiger charge is 2.35. The molecule has 3 N–H and O–H groups in total. The summed E-state index contributed by atoms with van der Waals surface area (Å²) in [5, 5.41) is 9.69. The monoisotopic (exact) mass is 567 g/mol. The number of allylic oxidation sites excluding steroid dienone is 3. The van der Waals surface area contributed by atoms with Gasteiger partial charge in [0.15, 0.2) is 11.6 Å². The number of aromatic nitrogens is 2. The van der Waals surface area contributed by atoms with Gasteiger partial charge in [-0.15, -0.1) is 0 Å². The quantitative estimate of drug-likeness (QED) is 0.193. The van der Waals surface area contributed by atoms with Crippen LogP contribution in [0.1, 0.15) is 19.4 Å². The van der Waals surface area contributed by atoms with Crippen LogP contribution in [-0.4, -0.2) is 42.3 Å². The lowest BCUT2D eigenvalue weighted by molar-refractivity contribution is -0.113. The van der Waals surface area contributed by atoms with Crippen LogP contribution < -0.4 is 25.4 Å². The van der Waals surface area contributed by atoms with Crippen molar-refractivity contribution in [3.05, 3.63) is 96.1 Å². The molecule has 0 saturated heterocycles. The van der Waals surface area contributed by atoms with E-state index in [0.717, 1.165) is 22.3 Å². The van der Waals surface area contributed by atoms with Crippen molar-refractivity contribution < 1.29 is 18.7 Å². The van der Waals surface area contributed by atoms with Crippen molar-refractivity contribution in [1.82, 2.24) is 9.97 Å². The number of carbonyl (C=O) groups is 1. The normalized spacial score (nSPS) is 17.8. The van der Waals surface area contributed by atoms with Crippen LogP contribution in [0.5, 0.6) is 11.5 Å². The molecule has 0 spiro atoms. The summed E-state index contributed by atoms with van der Waals surface area (Å²) in [5.41, 5.74) is 2.79. The summed E-state index contributed by atoms with van der Waals surface area (Å²) in [4.78, 5) is 22.6. The van der Waals surface area contributed by atoms with E-state index < -0.39 is 11.6 Å². The standard InChI is InChI=1S/C33H34FN5O3/c1-21-27(11-8-15-33(21,2)34)32(40)37-23-10-7-9-22(17-23)14-16-35-30-31(39-29-13-6-5-12-28(29)38-30)36-24-18-25(41-3)20-26(19-24)42-4/h5-13,15,17-21H,14,16H2,1-4H3,(H,35,38)(H,36,39)(H,37,40). The Bertz CT molecular complexity index is 1640. The van der Waals surface area contributed by atoms with Gasteiger partial charge in [0.2, 0.25) is 0 Å². The van der Waals surface area contributed by atoms with E-state index in [9.17, 15) is 9.18 Å². The maximum atomic E-state index is 14.7. The molecule has 2 atom stereocenters. The van der Waals surface area contributed by atoms with Crippen molar-refractivity contribution >= 4 is 40.0 Å². The van der Waals surface area contributed by atoms with Crippen LogP contribution in [0, 0.1) is 5.92 Å². The molecular weight excluding hydrogens is 533 g/mol. The van der Waals surface area contributed by atoms with Gasteiger partial charge in [-0.1, -0.05) is 43.3 Å². The minimum Gasteiger partial charge on any atom is -0.497 e. The Balaban J connectivity index is 1.30. The van der Waals surface area contributed by atoms with E-state index >= 15 is 0 Å². The molecule has 216 valence electrons. The number of fused-ring (bicyclic) bond motifs is 1. The van der Waals surface area contributed by atoms with E-state index in [0.29, 0.717) is 47.4 Å². The van der Waals surface area contributed by atoms with Crippen molar-refractivity contribution in [3.63, 3.8) is 0 Å². The summed E-state index contributed by atoms with van der Waals surface area (Å²) in [5.74, 6) is 1.61. The van der Waals surface area contributed by atoms with Gasteiger partial charge in [0, 0.05) is 47.6 Å². The number of ether oxygens (including phenoxy) is 2. The topological polar surface area (TPSA) is 97.4 Å². The van der Waals surface area contributed by atoms with Crippen LogP contribution in [0.15, 0.2) is 90.5 Å². The van der Waals surface area contributed by atoms with E-state index in [-0.39, 0.29) is 5.91 Å². The Morgan fingerprint density at radius 3 is 2.31 bits per heavy atom. The number of para-hydroxylation sites is 2. The van der Waals surface area contributed by atoms with Gasteiger partial charge in [0.05, 0.1) is 25.3 Å². The molecule has 0 fully saturated rings. The SMILES string of the molecule is COc1cc(Nc2nc3ccccc3nc2NCCc2cccc(NC(=O)C3=CC=CC(C)(F)C3C)c2)cc(OC)c1. The molecule has 1 aliphatic rings. The highest BCUT2D eigenvalue weighted by atomic mass is 19.1. The zero-order valence-corrected chi connectivity index (χ0v) is 24.1. The Morgan fingerprint density at radius 2 is 1.62 bits per heavy atom. The first-order chi connectivity index (χ1) is 20.3. The predicted octanol–water partition coefficient (Wildman–Crippen LogP) is 6.84. The minimum absolute atomic E-state index is 0.303. The van der Waals surface area contributed by atoms with Gasteiger partial charge < -0.3 is 25.4 Å². The summed E-state index contributed by atoms with van der Waals surface area (Å²) in [7, 11) is 3.21. The van der Waals surface area contributed by atoms with E-state index in [1.165, 1.54) is 13.0 Å². The third kappa shape index (κ3) is 6.52. The average Bonchev–Trinajstić information content (AvgIpc) is 2.98. The second kappa shape index (κ2) is 12.3. The third-order valence-corrected chi connectivity index (χ3v) is 7.35. The fourth-order valence-electron chi connectivity index (χ4n) is 4.76. The molecule has 42 heavy (non-hydrogen) atoms. The fourth-order valence-corrected chi connectivity index (χ4v) is 4.76. The lowest BCUT2D eigenvalue weighted by Crippen LogP contribution is -2.33. The van der Waals surface area contributed by atoms with E-state index in [2.05, 4.69) is 16.0 Å². The van der Waals surface area contributed by atoms with Crippen LogP contribution in [0.4, 0.5) is 27.4 Å². The first-order valence-corrected chi connectivity index (χ1v) is 13.7. The van der Waals surface area contributed by atoms with E-state index in [1.54, 1.807) is 39.4 Å². The first-order valence-electron chi connectivity index (χ1n) is 13.7. The predicted molar refractivity (Wildman–Crippen MR) is 166 cm³/mol. The van der Waals surface area contributed by atoms with Gasteiger partial charge in [-0.3, -0.25) is 4.79 Å². The molecule has 1 heterocycles. The zero-order chi connectivity index (χ0) is 29.7. The highest BCUT2D eigenvalue weighted by Crippen LogP contribution is 2.34. The van der Waals surface area contributed by atoms with Gasteiger partial charge in [0.25, 0.3) is 5.91 Å². The molecule has 5 rings (SSSR count). The Morgan fingerprint density at radius 1 is 0.929 bits per heavy atom. The second-order valence-electron chi connectivity index (χ2n) is 10.3. The number of anilines is 4. The van der Waals surface area contributed by atoms with E-state index in [1.807, 2.05) is 60.7 Å². The summed E-state index contributed by atoms with van der Waals surface area (Å²) in [6.45, 7) is 3.77. The molecule has 4 aromatic rings. The van der Waals surface area contributed by atoms with Gasteiger partial charge >= 0.3 is 0 Å². The summed E-state index contributed by atoms with van der Waals surface area (Å²) in [6, 6.07) is 20.8. The fraction of sp³-hybridized carbons (Fsp3) is 0.242. The number of amides is 1. The number of nitrogens with zero attached hydrogens (tertiary/aromatic N) is 2. The summed E-state index contributed by atoms with van der Waals surface area (Å²) in [6.07, 6.45) is 5.42. The molecule has 0 bridgehead atoms. The Hall–Kier alpha value is -4.92. The number of carbonyl (C=O) groups excluding carboxylic acids is 1. The summed E-state index contributed by atoms with van der Waals surface area (Å²) >= 11 is 0. The average molecular weight is 568 g/mol. The number of halogens is 1. The van der Waals surface area contributed by atoms with Crippen LogP contribution in [0.3, 0.4) is 0 Å². The molecule has 9 heteroatoms. The maximum absolute atomic E-state index is 14.7. The number of hydrogen-bond donors (Lipinski definition) is 3. The van der Waals surface area contributed by atoms with Crippen molar-refractivity contribution in [2.75, 3.05) is 36.7 Å². The number of benzene rings is 3. The van der Waals surface area contributed by atoms with Gasteiger partial charge in [-0.25, -0.2) is 14.4 Å². The lowest BCUT2D eigenvalue weighted by atomic mass is 9.82. The summed E-state index contributed by atoms with van der Waals surface area (Å²) < 4.78 is 25.5. The minimum atomic E-state index is -1.56. The molecule has 0 aliphatic heterocycles. The highest BCUT2D eigenvalue weighted by molar-refractivity contribution is 6.04. The third-order valence-electron chi connectivity index (χ3n) is 7.35. The molecule has 0 radical (unpaired) electrons. The van der Waals surface area contributed by atoms with Gasteiger partial charge in [0.1, 0.15) is 17.2 Å². The maximum Gasteiger partial charge on any atom is 0.251 e. The Kier molecular flexibility index (Phi) is 8.38. The Labute approximate surface area is 244 Å². The molecule has 1 amide bonds. The molecule has 1 aromatic heterocycles. The van der Waals surface area contributed by atoms with Crippen LogP contribution in [0.25, 0.3) is 11.0 Å². The van der Waals surface area contributed by atoms with Gasteiger partial charge in [-0.05, 0) is 49.2 Å².